The van der Waals surface area contributed by atoms with Crippen molar-refractivity contribution in [1.29, 1.82) is 0 Å². The normalized spacial score (nSPS) is 25.0. The van der Waals surface area contributed by atoms with E-state index in [1.54, 1.807) is 0 Å². The quantitative estimate of drug-likeness (QED) is 0.691. The van der Waals surface area contributed by atoms with Gasteiger partial charge in [0.15, 0.2) is 9.84 Å². The van der Waals surface area contributed by atoms with E-state index in [0.29, 0.717) is 25.1 Å². The van der Waals surface area contributed by atoms with Crippen LogP contribution in [-0.2, 0) is 25.5 Å². The van der Waals surface area contributed by atoms with Gasteiger partial charge in [-0.2, -0.15) is 13.2 Å². The highest BCUT2D eigenvalue weighted by Gasteiger charge is 2.45. The van der Waals surface area contributed by atoms with Gasteiger partial charge >= 0.3 is 12.2 Å². The molecule has 3 amide bonds. The Morgan fingerprint density at radius 1 is 1.19 bits per heavy atom. The van der Waals surface area contributed by atoms with Gasteiger partial charge in [0.25, 0.3) is 0 Å². The molecule has 0 unspecified atom stereocenters. The Labute approximate surface area is 181 Å². The predicted molar refractivity (Wildman–Crippen MR) is 102 cm³/mol. The van der Waals surface area contributed by atoms with Crippen LogP contribution in [0.4, 0.5) is 18.0 Å². The predicted octanol–water partition coefficient (Wildman–Crippen LogP) is 1.53. The average molecular weight is 482 g/mol. The van der Waals surface area contributed by atoms with Crippen LogP contribution in [0.1, 0.15) is 12.0 Å². The Hall–Kier alpha value is -2.05. The van der Waals surface area contributed by atoms with E-state index in [2.05, 4.69) is 5.32 Å². The molecule has 2 atom stereocenters. The minimum Gasteiger partial charge on any atom is -0.366 e. The third-order valence-corrected chi connectivity index (χ3v) is 8.29. The number of halogens is 4. The van der Waals surface area contributed by atoms with Crippen molar-refractivity contribution in [1.82, 2.24) is 15.1 Å². The number of ether oxygens (including phenoxy) is 1. The van der Waals surface area contributed by atoms with Gasteiger partial charge in [-0.25, -0.2) is 13.2 Å². The Kier molecular flexibility index (Phi) is 5.59. The van der Waals surface area contributed by atoms with E-state index in [-0.39, 0.29) is 55.2 Å². The summed E-state index contributed by atoms with van der Waals surface area (Å²) in [5.41, 5.74) is -1.04. The zero-order valence-electron chi connectivity index (χ0n) is 16.1. The number of amides is 3. The molecule has 0 radical (unpaired) electrons. The summed E-state index contributed by atoms with van der Waals surface area (Å²) in [5.74, 6) is -0.251. The van der Waals surface area contributed by atoms with Gasteiger partial charge < -0.3 is 19.9 Å². The number of fused-ring (bicyclic) bond motifs is 1. The van der Waals surface area contributed by atoms with Gasteiger partial charge in [0.2, 0.25) is 5.91 Å². The fourth-order valence-electron chi connectivity index (χ4n) is 3.95. The fourth-order valence-corrected chi connectivity index (χ4v) is 6.15. The Morgan fingerprint density at radius 3 is 2.55 bits per heavy atom. The van der Waals surface area contributed by atoms with E-state index in [9.17, 15) is 31.2 Å². The summed E-state index contributed by atoms with van der Waals surface area (Å²) in [6.45, 7) is 0.480. The monoisotopic (exact) mass is 481 g/mol. The van der Waals surface area contributed by atoms with E-state index >= 15 is 0 Å². The molecule has 0 bridgehead atoms. The fraction of sp³-hybridized carbons (Fsp3) is 0.556. The summed E-state index contributed by atoms with van der Waals surface area (Å²) in [6, 6.07) is 1.43. The number of nitrogens with zero attached hydrogens (tertiary/aromatic N) is 2. The number of nitrogens with one attached hydrogen (secondary N) is 1. The number of carbonyl (C=O) groups excluding carboxylic acids is 2. The second kappa shape index (κ2) is 7.82. The molecule has 170 valence electrons. The molecular formula is C18H19ClF3N3O5S. The second-order valence-electron chi connectivity index (χ2n) is 7.76. The van der Waals surface area contributed by atoms with Gasteiger partial charge in [-0.05, 0) is 24.6 Å². The summed E-state index contributed by atoms with van der Waals surface area (Å²) in [7, 11) is -4.01. The van der Waals surface area contributed by atoms with Crippen molar-refractivity contribution in [3.63, 3.8) is 0 Å². The lowest BCUT2D eigenvalue weighted by atomic mass is 10.0. The highest BCUT2D eigenvalue weighted by molar-refractivity contribution is 7.92. The van der Waals surface area contributed by atoms with E-state index in [1.807, 2.05) is 0 Å². The largest absolute Gasteiger partial charge is 0.416 e. The van der Waals surface area contributed by atoms with E-state index in [0.717, 1.165) is 6.07 Å². The van der Waals surface area contributed by atoms with Crippen LogP contribution in [-0.4, -0.2) is 80.3 Å². The van der Waals surface area contributed by atoms with Crippen LogP contribution in [0.25, 0.3) is 0 Å². The molecule has 3 aliphatic rings. The van der Waals surface area contributed by atoms with Crippen LogP contribution in [0.2, 0.25) is 5.02 Å². The van der Waals surface area contributed by atoms with E-state index < -0.39 is 31.8 Å². The van der Waals surface area contributed by atoms with Crippen molar-refractivity contribution in [3.05, 3.63) is 28.8 Å². The van der Waals surface area contributed by atoms with E-state index in [1.165, 1.54) is 9.80 Å². The average Bonchev–Trinajstić information content (AvgIpc) is 2.64. The molecule has 4 rings (SSSR count). The lowest BCUT2D eigenvalue weighted by Gasteiger charge is -2.45. The van der Waals surface area contributed by atoms with Gasteiger partial charge in [0.1, 0.15) is 11.9 Å². The van der Waals surface area contributed by atoms with Gasteiger partial charge in [-0.15, -0.1) is 0 Å². The minimum absolute atomic E-state index is 0.00666. The number of benzene rings is 1. The van der Waals surface area contributed by atoms with Crippen molar-refractivity contribution in [2.45, 2.75) is 34.9 Å². The molecule has 1 aromatic rings. The number of alkyl halides is 3. The van der Waals surface area contributed by atoms with Crippen LogP contribution in [0.3, 0.4) is 0 Å². The third-order valence-electron chi connectivity index (χ3n) is 5.72. The van der Waals surface area contributed by atoms with Gasteiger partial charge in [0.05, 0.1) is 27.6 Å². The van der Waals surface area contributed by atoms with Crippen molar-refractivity contribution in [2.24, 2.45) is 0 Å². The highest BCUT2D eigenvalue weighted by atomic mass is 35.5. The molecule has 1 N–H and O–H groups in total. The SMILES string of the molecule is O=C1CO[C@H]2CCN(C(=O)N3CC(S(=O)(=O)c4ccc(C(F)(F)F)cc4Cl)C3)C[C@H]2N1. The molecule has 3 aliphatic heterocycles. The van der Waals surface area contributed by atoms with Gasteiger partial charge in [-0.3, -0.25) is 4.79 Å². The topological polar surface area (TPSA) is 96.0 Å². The highest BCUT2D eigenvalue weighted by Crippen LogP contribution is 2.35. The molecule has 0 aromatic heterocycles. The Morgan fingerprint density at radius 2 is 1.90 bits per heavy atom. The zero-order chi connectivity index (χ0) is 22.6. The van der Waals surface area contributed by atoms with Gasteiger partial charge in [-0.1, -0.05) is 11.6 Å². The first kappa shape index (κ1) is 22.2. The number of carbonyl (C=O) groups is 2. The number of morpholine rings is 1. The Bertz CT molecular complexity index is 1010. The van der Waals surface area contributed by atoms with Crippen LogP contribution in [0.15, 0.2) is 23.1 Å². The molecule has 3 heterocycles. The summed E-state index contributed by atoms with van der Waals surface area (Å²) >= 11 is 5.83. The molecule has 0 saturated carbocycles. The maximum absolute atomic E-state index is 12.8. The summed E-state index contributed by atoms with van der Waals surface area (Å²) in [5, 5.41) is 1.32. The first-order chi connectivity index (χ1) is 14.5. The van der Waals surface area contributed by atoms with E-state index in [4.69, 9.17) is 16.3 Å². The number of piperidine rings is 1. The Balaban J connectivity index is 1.39. The van der Waals surface area contributed by atoms with Crippen molar-refractivity contribution >= 4 is 33.4 Å². The molecule has 31 heavy (non-hydrogen) atoms. The van der Waals surface area contributed by atoms with Crippen LogP contribution < -0.4 is 5.32 Å². The number of urea groups is 1. The summed E-state index contributed by atoms with van der Waals surface area (Å²) in [4.78, 5) is 26.7. The number of sulfone groups is 1. The second-order valence-corrected chi connectivity index (χ2v) is 10.4. The van der Waals surface area contributed by atoms with Gasteiger partial charge in [0, 0.05) is 26.2 Å². The molecule has 0 aliphatic carbocycles. The summed E-state index contributed by atoms with van der Waals surface area (Å²) in [6.07, 6.45) is -4.25. The minimum atomic E-state index is -4.64. The number of rotatable bonds is 2. The molecular weight excluding hydrogens is 463 g/mol. The number of hydrogen-bond donors (Lipinski definition) is 1. The molecule has 0 spiro atoms. The lowest BCUT2D eigenvalue weighted by Crippen LogP contribution is -2.65. The van der Waals surface area contributed by atoms with Crippen LogP contribution in [0, 0.1) is 0 Å². The zero-order valence-corrected chi connectivity index (χ0v) is 17.6. The van der Waals surface area contributed by atoms with Crippen LogP contribution >= 0.6 is 11.6 Å². The maximum atomic E-state index is 12.8. The molecule has 3 fully saturated rings. The van der Waals surface area contributed by atoms with Crippen molar-refractivity contribution in [3.8, 4) is 0 Å². The van der Waals surface area contributed by atoms with Crippen LogP contribution in [0.5, 0.6) is 0 Å². The maximum Gasteiger partial charge on any atom is 0.416 e. The molecule has 1 aromatic carbocycles. The number of hydrogen-bond acceptors (Lipinski definition) is 5. The van der Waals surface area contributed by atoms with Crippen molar-refractivity contribution < 1.29 is 35.9 Å². The van der Waals surface area contributed by atoms with Crippen molar-refractivity contribution in [2.75, 3.05) is 32.8 Å². The number of likely N-dealkylation sites (tertiary alicyclic amines) is 2. The smallest absolute Gasteiger partial charge is 0.366 e. The molecule has 13 heteroatoms. The lowest BCUT2D eigenvalue weighted by molar-refractivity contribution is -0.140. The molecule has 8 nitrogen and oxygen atoms in total. The molecule has 3 saturated heterocycles. The third kappa shape index (κ3) is 4.20. The standard InChI is InChI=1S/C18H19ClF3N3O5S/c19-12-5-10(18(20,21)22)1-2-15(12)31(28,29)11-6-25(7-11)17(27)24-4-3-14-13(8-24)23-16(26)9-30-14/h1-2,5,11,13-14H,3-4,6-9H2,(H,23,26)/t13-,14+/m1/s1. The first-order valence-electron chi connectivity index (χ1n) is 9.52. The summed E-state index contributed by atoms with van der Waals surface area (Å²) < 4.78 is 69.4. The first-order valence-corrected chi connectivity index (χ1v) is 11.4.